The van der Waals surface area contributed by atoms with Gasteiger partial charge in [0.25, 0.3) is 0 Å². The SMILES string of the molecule is CCOC(=O)C(F)(F)C(O)c1csc(C)n1. The molecule has 0 radical (unpaired) electrons. The number of carbonyl (C=O) groups is 1. The van der Waals surface area contributed by atoms with Gasteiger partial charge in [0.2, 0.25) is 0 Å². The minimum atomic E-state index is -3.98. The number of rotatable bonds is 4. The lowest BCUT2D eigenvalue weighted by Crippen LogP contribution is -2.37. The third-order valence-electron chi connectivity index (χ3n) is 1.81. The van der Waals surface area contributed by atoms with Gasteiger partial charge >= 0.3 is 11.9 Å². The first-order valence-electron chi connectivity index (χ1n) is 4.54. The third kappa shape index (κ3) is 2.53. The van der Waals surface area contributed by atoms with E-state index in [-0.39, 0.29) is 12.3 Å². The van der Waals surface area contributed by atoms with E-state index < -0.39 is 18.0 Å². The molecule has 1 aromatic heterocycles. The quantitative estimate of drug-likeness (QED) is 0.827. The van der Waals surface area contributed by atoms with Gasteiger partial charge in [-0.1, -0.05) is 0 Å². The van der Waals surface area contributed by atoms with Crippen molar-refractivity contribution >= 4 is 17.3 Å². The second-order valence-electron chi connectivity index (χ2n) is 3.04. The number of thiazole rings is 1. The van der Waals surface area contributed by atoms with Crippen molar-refractivity contribution in [1.82, 2.24) is 4.98 Å². The molecule has 0 bridgehead atoms. The molecule has 1 rings (SSSR count). The molecule has 0 aliphatic carbocycles. The Morgan fingerprint density at radius 3 is 2.81 bits per heavy atom. The average Bonchev–Trinajstić information content (AvgIpc) is 2.64. The lowest BCUT2D eigenvalue weighted by atomic mass is 10.1. The lowest BCUT2D eigenvalue weighted by molar-refractivity contribution is -0.189. The minimum Gasteiger partial charge on any atom is -0.461 e. The van der Waals surface area contributed by atoms with Gasteiger partial charge in [-0.25, -0.2) is 9.78 Å². The number of nitrogens with zero attached hydrogens (tertiary/aromatic N) is 1. The molecule has 0 spiro atoms. The highest BCUT2D eigenvalue weighted by atomic mass is 32.1. The van der Waals surface area contributed by atoms with Gasteiger partial charge in [-0.2, -0.15) is 8.78 Å². The average molecular weight is 251 g/mol. The van der Waals surface area contributed by atoms with Crippen LogP contribution in [-0.4, -0.2) is 28.6 Å². The fraction of sp³-hybridized carbons (Fsp3) is 0.556. The number of aryl methyl sites for hydroxylation is 1. The van der Waals surface area contributed by atoms with Crippen LogP contribution in [0, 0.1) is 6.92 Å². The van der Waals surface area contributed by atoms with Crippen molar-refractivity contribution in [2.75, 3.05) is 6.61 Å². The van der Waals surface area contributed by atoms with Crippen LogP contribution in [0.2, 0.25) is 0 Å². The Hall–Kier alpha value is -1.08. The molecular weight excluding hydrogens is 240 g/mol. The van der Waals surface area contributed by atoms with Gasteiger partial charge in [0.05, 0.1) is 17.3 Å². The summed E-state index contributed by atoms with van der Waals surface area (Å²) < 4.78 is 30.8. The molecule has 90 valence electrons. The molecule has 0 saturated heterocycles. The van der Waals surface area contributed by atoms with E-state index >= 15 is 0 Å². The van der Waals surface area contributed by atoms with E-state index in [1.807, 2.05) is 0 Å². The summed E-state index contributed by atoms with van der Waals surface area (Å²) in [6, 6.07) is 0. The van der Waals surface area contributed by atoms with Crippen molar-refractivity contribution in [2.24, 2.45) is 0 Å². The van der Waals surface area contributed by atoms with E-state index in [0.717, 1.165) is 11.3 Å². The zero-order valence-corrected chi connectivity index (χ0v) is 9.55. The number of hydrogen-bond donors (Lipinski definition) is 1. The molecule has 4 nitrogen and oxygen atoms in total. The van der Waals surface area contributed by atoms with Gasteiger partial charge in [0.1, 0.15) is 0 Å². The summed E-state index contributed by atoms with van der Waals surface area (Å²) in [5, 5.41) is 11.2. The first-order valence-corrected chi connectivity index (χ1v) is 5.42. The molecule has 0 aromatic carbocycles. The maximum absolute atomic E-state index is 13.3. The molecule has 1 heterocycles. The number of aliphatic hydroxyl groups excluding tert-OH is 1. The van der Waals surface area contributed by atoms with E-state index in [2.05, 4.69) is 9.72 Å². The highest BCUT2D eigenvalue weighted by Gasteiger charge is 2.49. The standard InChI is InChI=1S/C9H11F2NO3S/c1-3-15-8(14)9(10,11)7(13)6-4-16-5(2)12-6/h4,7,13H,3H2,1-2H3. The molecule has 0 amide bonds. The van der Waals surface area contributed by atoms with Crippen molar-refractivity contribution in [3.63, 3.8) is 0 Å². The Morgan fingerprint density at radius 2 is 2.38 bits per heavy atom. The number of alkyl halides is 2. The molecule has 0 aliphatic rings. The lowest BCUT2D eigenvalue weighted by Gasteiger charge is -2.18. The predicted octanol–water partition coefficient (Wildman–Crippen LogP) is 1.68. The zero-order valence-electron chi connectivity index (χ0n) is 8.74. The largest absolute Gasteiger partial charge is 0.461 e. The number of hydrogen-bond acceptors (Lipinski definition) is 5. The second-order valence-corrected chi connectivity index (χ2v) is 4.10. The number of esters is 1. The number of halogens is 2. The molecule has 1 unspecified atom stereocenters. The van der Waals surface area contributed by atoms with Crippen LogP contribution < -0.4 is 0 Å². The van der Waals surface area contributed by atoms with Crippen LogP contribution in [0.15, 0.2) is 5.38 Å². The van der Waals surface area contributed by atoms with Crippen LogP contribution in [0.25, 0.3) is 0 Å². The Morgan fingerprint density at radius 1 is 1.75 bits per heavy atom. The molecule has 7 heteroatoms. The maximum Gasteiger partial charge on any atom is 0.380 e. The zero-order chi connectivity index (χ0) is 12.3. The second kappa shape index (κ2) is 4.84. The summed E-state index contributed by atoms with van der Waals surface area (Å²) in [5.41, 5.74) is -0.222. The fourth-order valence-electron chi connectivity index (χ4n) is 1.03. The van der Waals surface area contributed by atoms with Crippen molar-refractivity contribution in [3.8, 4) is 0 Å². The van der Waals surface area contributed by atoms with Gasteiger partial charge in [-0.3, -0.25) is 0 Å². The van der Waals surface area contributed by atoms with Gasteiger partial charge < -0.3 is 9.84 Å². The molecule has 1 atom stereocenters. The molecule has 0 fully saturated rings. The van der Waals surface area contributed by atoms with E-state index in [9.17, 15) is 18.7 Å². The van der Waals surface area contributed by atoms with Crippen molar-refractivity contribution in [1.29, 1.82) is 0 Å². The maximum atomic E-state index is 13.3. The smallest absolute Gasteiger partial charge is 0.380 e. The van der Waals surface area contributed by atoms with E-state index in [1.165, 1.54) is 12.3 Å². The van der Waals surface area contributed by atoms with Crippen LogP contribution in [-0.2, 0) is 9.53 Å². The summed E-state index contributed by atoms with van der Waals surface area (Å²) in [4.78, 5) is 14.6. The Bertz CT molecular complexity index is 381. The van der Waals surface area contributed by atoms with E-state index in [1.54, 1.807) is 6.92 Å². The molecule has 0 aliphatic heterocycles. The minimum absolute atomic E-state index is 0.169. The predicted molar refractivity (Wildman–Crippen MR) is 53.4 cm³/mol. The van der Waals surface area contributed by atoms with Gasteiger partial charge in [0, 0.05) is 5.38 Å². The summed E-state index contributed by atoms with van der Waals surface area (Å²) in [5.74, 6) is -5.72. The van der Waals surface area contributed by atoms with Crippen LogP contribution in [0.1, 0.15) is 23.7 Å². The first kappa shape index (κ1) is 13.0. The van der Waals surface area contributed by atoms with Crippen LogP contribution in [0.3, 0.4) is 0 Å². The van der Waals surface area contributed by atoms with Crippen molar-refractivity contribution in [3.05, 3.63) is 16.1 Å². The molecular formula is C9H11F2NO3S. The summed E-state index contributed by atoms with van der Waals surface area (Å²) in [6.45, 7) is 2.86. The van der Waals surface area contributed by atoms with Crippen molar-refractivity contribution in [2.45, 2.75) is 25.9 Å². The van der Waals surface area contributed by atoms with Crippen LogP contribution in [0.4, 0.5) is 8.78 Å². The van der Waals surface area contributed by atoms with Crippen LogP contribution in [0.5, 0.6) is 0 Å². The topological polar surface area (TPSA) is 59.4 Å². The Balaban J connectivity index is 2.87. The molecule has 16 heavy (non-hydrogen) atoms. The number of aromatic nitrogens is 1. The first-order chi connectivity index (χ1) is 7.39. The number of aliphatic hydroxyl groups is 1. The number of ether oxygens (including phenoxy) is 1. The monoisotopic (exact) mass is 251 g/mol. The normalized spacial score (nSPS) is 13.6. The van der Waals surface area contributed by atoms with Crippen LogP contribution >= 0.6 is 11.3 Å². The van der Waals surface area contributed by atoms with Gasteiger partial charge in [-0.15, -0.1) is 11.3 Å². The molecule has 1 aromatic rings. The van der Waals surface area contributed by atoms with Crippen molar-refractivity contribution < 1.29 is 23.4 Å². The third-order valence-corrected chi connectivity index (χ3v) is 2.60. The molecule has 0 saturated carbocycles. The molecule has 1 N–H and O–H groups in total. The fourth-order valence-corrected chi connectivity index (χ4v) is 1.66. The highest BCUT2D eigenvalue weighted by molar-refractivity contribution is 7.09. The Kier molecular flexibility index (Phi) is 3.93. The Labute approximate surface area is 94.9 Å². The van der Waals surface area contributed by atoms with Gasteiger partial charge in [-0.05, 0) is 13.8 Å². The van der Waals surface area contributed by atoms with E-state index in [4.69, 9.17) is 0 Å². The summed E-state index contributed by atoms with van der Waals surface area (Å²) in [6.07, 6.45) is -2.27. The highest BCUT2D eigenvalue weighted by Crippen LogP contribution is 2.32. The van der Waals surface area contributed by atoms with E-state index in [0.29, 0.717) is 5.01 Å². The summed E-state index contributed by atoms with van der Waals surface area (Å²) in [7, 11) is 0. The van der Waals surface area contributed by atoms with Gasteiger partial charge in [0.15, 0.2) is 6.10 Å². The summed E-state index contributed by atoms with van der Waals surface area (Å²) >= 11 is 1.12. The number of carbonyl (C=O) groups excluding carboxylic acids is 1.